The molecule has 0 spiro atoms. The number of likely N-dealkylation sites (tertiary alicyclic amines) is 1. The molecule has 0 saturated carbocycles. The van der Waals surface area contributed by atoms with Crippen molar-refractivity contribution < 1.29 is 15.0 Å². The van der Waals surface area contributed by atoms with E-state index >= 15 is 0 Å². The van der Waals surface area contributed by atoms with Crippen molar-refractivity contribution in [2.45, 2.75) is 12.2 Å². The van der Waals surface area contributed by atoms with Crippen LogP contribution in [0.3, 0.4) is 0 Å². The van der Waals surface area contributed by atoms with Crippen molar-refractivity contribution in [3.8, 4) is 0 Å². The Hall–Kier alpha value is -1.53. The largest absolute Gasteiger partial charge is 0.388 e. The summed E-state index contributed by atoms with van der Waals surface area (Å²) < 4.78 is 0. The molecule has 0 bridgehead atoms. The van der Waals surface area contributed by atoms with E-state index in [1.807, 2.05) is 0 Å². The lowest BCUT2D eigenvalue weighted by atomic mass is 10.3. The van der Waals surface area contributed by atoms with Crippen molar-refractivity contribution in [1.82, 2.24) is 14.9 Å². The Labute approximate surface area is 86.2 Å². The molecule has 0 aliphatic carbocycles. The van der Waals surface area contributed by atoms with Crippen molar-refractivity contribution in [1.29, 1.82) is 0 Å². The smallest absolute Gasteiger partial charge is 0.257 e. The number of aliphatic hydroxyl groups is 2. The van der Waals surface area contributed by atoms with Gasteiger partial charge in [-0.3, -0.25) is 4.79 Å². The standard InChI is InChI=1S/C9H11N3O3/c13-7-3-12(4-8(7)14)9(15)6-1-10-5-11-2-6/h1-2,5,7-8,13-14H,3-4H2. The van der Waals surface area contributed by atoms with Gasteiger partial charge in [0.2, 0.25) is 0 Å². The highest BCUT2D eigenvalue weighted by Gasteiger charge is 2.32. The first-order valence-electron chi connectivity index (χ1n) is 4.59. The van der Waals surface area contributed by atoms with Gasteiger partial charge in [-0.2, -0.15) is 0 Å². The fraction of sp³-hybridized carbons (Fsp3) is 0.444. The molecular weight excluding hydrogens is 198 g/mol. The minimum atomic E-state index is -0.862. The highest BCUT2D eigenvalue weighted by atomic mass is 16.3. The Morgan fingerprint density at radius 1 is 1.27 bits per heavy atom. The number of rotatable bonds is 1. The second kappa shape index (κ2) is 3.92. The van der Waals surface area contributed by atoms with Gasteiger partial charge in [-0.1, -0.05) is 0 Å². The molecule has 1 aliphatic heterocycles. The van der Waals surface area contributed by atoms with Crippen LogP contribution in [0.25, 0.3) is 0 Å². The Morgan fingerprint density at radius 2 is 1.80 bits per heavy atom. The molecule has 15 heavy (non-hydrogen) atoms. The number of carbonyl (C=O) groups excluding carboxylic acids is 1. The zero-order valence-corrected chi connectivity index (χ0v) is 7.95. The van der Waals surface area contributed by atoms with Crippen LogP contribution in [0.4, 0.5) is 0 Å². The summed E-state index contributed by atoms with van der Waals surface area (Å²) in [5.41, 5.74) is 0.360. The van der Waals surface area contributed by atoms with Crippen LogP contribution in [-0.2, 0) is 0 Å². The van der Waals surface area contributed by atoms with E-state index in [0.717, 1.165) is 0 Å². The first-order chi connectivity index (χ1) is 7.18. The fourth-order valence-corrected chi connectivity index (χ4v) is 1.53. The summed E-state index contributed by atoms with van der Waals surface area (Å²) in [7, 11) is 0. The van der Waals surface area contributed by atoms with Gasteiger partial charge in [0, 0.05) is 25.5 Å². The lowest BCUT2D eigenvalue weighted by Gasteiger charge is -2.14. The zero-order chi connectivity index (χ0) is 10.8. The molecule has 1 aromatic rings. The van der Waals surface area contributed by atoms with Gasteiger partial charge in [-0.25, -0.2) is 9.97 Å². The van der Waals surface area contributed by atoms with Gasteiger partial charge in [0.05, 0.1) is 17.8 Å². The van der Waals surface area contributed by atoms with Crippen molar-refractivity contribution >= 4 is 5.91 Å². The van der Waals surface area contributed by atoms with Crippen molar-refractivity contribution in [3.05, 3.63) is 24.3 Å². The molecule has 2 unspecified atom stereocenters. The lowest BCUT2D eigenvalue weighted by molar-refractivity contribution is 0.0572. The maximum atomic E-state index is 11.8. The molecule has 1 aromatic heterocycles. The van der Waals surface area contributed by atoms with Gasteiger partial charge in [0.25, 0.3) is 5.91 Å². The predicted octanol–water partition coefficient (Wildman–Crippen LogP) is -1.35. The summed E-state index contributed by atoms with van der Waals surface area (Å²) >= 11 is 0. The highest BCUT2D eigenvalue weighted by molar-refractivity contribution is 5.93. The summed E-state index contributed by atoms with van der Waals surface area (Å²) in [5, 5.41) is 18.6. The molecular formula is C9H11N3O3. The minimum Gasteiger partial charge on any atom is -0.388 e. The maximum absolute atomic E-state index is 11.8. The maximum Gasteiger partial charge on any atom is 0.257 e. The van der Waals surface area contributed by atoms with Crippen LogP contribution in [0.2, 0.25) is 0 Å². The van der Waals surface area contributed by atoms with E-state index in [0.29, 0.717) is 5.56 Å². The highest BCUT2D eigenvalue weighted by Crippen LogP contribution is 2.12. The molecule has 2 N–H and O–H groups in total. The molecule has 1 amide bonds. The average Bonchev–Trinajstić information content (AvgIpc) is 2.59. The Balaban J connectivity index is 2.10. The Morgan fingerprint density at radius 3 is 2.33 bits per heavy atom. The molecule has 0 aromatic carbocycles. The van der Waals surface area contributed by atoms with Crippen molar-refractivity contribution in [2.75, 3.05) is 13.1 Å². The normalized spacial score (nSPS) is 25.6. The number of aliphatic hydroxyl groups excluding tert-OH is 2. The number of β-amino-alcohol motifs (C(OH)–C–C–N with tert-alkyl or cyclic N) is 2. The molecule has 2 atom stereocenters. The number of hydrogen-bond donors (Lipinski definition) is 2. The molecule has 2 rings (SSSR count). The van der Waals surface area contributed by atoms with Gasteiger partial charge in [-0.15, -0.1) is 0 Å². The van der Waals surface area contributed by atoms with Gasteiger partial charge in [0.15, 0.2) is 0 Å². The molecule has 1 fully saturated rings. The number of aromatic nitrogens is 2. The average molecular weight is 209 g/mol. The van der Waals surface area contributed by atoms with Gasteiger partial charge in [0.1, 0.15) is 6.33 Å². The second-order valence-corrected chi connectivity index (χ2v) is 3.47. The topological polar surface area (TPSA) is 86.6 Å². The third-order valence-corrected chi connectivity index (χ3v) is 2.35. The molecule has 2 heterocycles. The first kappa shape index (κ1) is 10.0. The van der Waals surface area contributed by atoms with Crippen LogP contribution in [0.1, 0.15) is 10.4 Å². The van der Waals surface area contributed by atoms with Crippen LogP contribution in [0, 0.1) is 0 Å². The summed E-state index contributed by atoms with van der Waals surface area (Å²) in [6.45, 7) is 0.295. The van der Waals surface area contributed by atoms with Crippen LogP contribution in [0.5, 0.6) is 0 Å². The summed E-state index contributed by atoms with van der Waals surface area (Å²) in [5.74, 6) is -0.272. The Bertz CT molecular complexity index is 347. The lowest BCUT2D eigenvalue weighted by Crippen LogP contribution is -2.29. The summed E-state index contributed by atoms with van der Waals surface area (Å²) in [6, 6.07) is 0. The molecule has 80 valence electrons. The molecule has 0 radical (unpaired) electrons. The minimum absolute atomic E-state index is 0.148. The Kier molecular flexibility index (Phi) is 2.61. The van der Waals surface area contributed by atoms with E-state index in [-0.39, 0.29) is 19.0 Å². The summed E-state index contributed by atoms with van der Waals surface area (Å²) in [4.78, 5) is 20.6. The molecule has 6 heteroatoms. The third-order valence-electron chi connectivity index (χ3n) is 2.35. The van der Waals surface area contributed by atoms with Gasteiger partial charge < -0.3 is 15.1 Å². The van der Waals surface area contributed by atoms with E-state index in [2.05, 4.69) is 9.97 Å². The number of hydrogen-bond acceptors (Lipinski definition) is 5. The summed E-state index contributed by atoms with van der Waals surface area (Å²) in [6.07, 6.45) is 2.43. The van der Waals surface area contributed by atoms with E-state index < -0.39 is 12.2 Å². The van der Waals surface area contributed by atoms with Crippen LogP contribution < -0.4 is 0 Å². The van der Waals surface area contributed by atoms with Crippen LogP contribution in [-0.4, -0.2) is 56.3 Å². The second-order valence-electron chi connectivity index (χ2n) is 3.47. The van der Waals surface area contributed by atoms with Crippen LogP contribution >= 0.6 is 0 Å². The first-order valence-corrected chi connectivity index (χ1v) is 4.59. The molecule has 6 nitrogen and oxygen atoms in total. The predicted molar refractivity (Wildman–Crippen MR) is 49.9 cm³/mol. The number of carbonyl (C=O) groups is 1. The molecule has 1 saturated heterocycles. The fourth-order valence-electron chi connectivity index (χ4n) is 1.53. The molecule has 1 aliphatic rings. The van der Waals surface area contributed by atoms with E-state index in [9.17, 15) is 15.0 Å². The van der Waals surface area contributed by atoms with Gasteiger partial charge in [-0.05, 0) is 0 Å². The van der Waals surface area contributed by atoms with Crippen molar-refractivity contribution in [3.63, 3.8) is 0 Å². The van der Waals surface area contributed by atoms with Crippen LogP contribution in [0.15, 0.2) is 18.7 Å². The number of amides is 1. The SMILES string of the molecule is O=C(c1cncnc1)N1CC(O)C(O)C1. The monoisotopic (exact) mass is 209 g/mol. The zero-order valence-electron chi connectivity index (χ0n) is 7.95. The van der Waals surface area contributed by atoms with Crippen molar-refractivity contribution in [2.24, 2.45) is 0 Å². The van der Waals surface area contributed by atoms with E-state index in [4.69, 9.17) is 0 Å². The van der Waals surface area contributed by atoms with Gasteiger partial charge >= 0.3 is 0 Å². The van der Waals surface area contributed by atoms with E-state index in [1.54, 1.807) is 0 Å². The third kappa shape index (κ3) is 1.95. The quantitative estimate of drug-likeness (QED) is 0.597. The van der Waals surface area contributed by atoms with E-state index in [1.165, 1.54) is 23.6 Å². The number of nitrogens with zero attached hydrogens (tertiary/aromatic N) is 3.